The molecule has 0 aliphatic heterocycles. The van der Waals surface area contributed by atoms with Crippen LogP contribution in [0.4, 0.5) is 13.2 Å². The third kappa shape index (κ3) is 4.83. The second-order valence-electron chi connectivity index (χ2n) is 9.07. The third-order valence-electron chi connectivity index (χ3n) is 4.82. The van der Waals surface area contributed by atoms with Gasteiger partial charge in [0.2, 0.25) is 0 Å². The first-order valence-electron chi connectivity index (χ1n) is 9.69. The topological polar surface area (TPSA) is 50.8 Å². The molecule has 160 valence electrons. The van der Waals surface area contributed by atoms with Gasteiger partial charge in [0.1, 0.15) is 17.0 Å². The smallest absolute Gasteiger partial charge is 0.399 e. The van der Waals surface area contributed by atoms with Gasteiger partial charge in [-0.15, -0.1) is 0 Å². The highest BCUT2D eigenvalue weighted by Gasteiger charge is 2.49. The van der Waals surface area contributed by atoms with Crippen molar-refractivity contribution >= 4 is 0 Å². The molecule has 3 aromatic rings. The molecule has 30 heavy (non-hydrogen) atoms. The molecule has 0 bridgehead atoms. The number of hydrogen-bond donors (Lipinski definition) is 1. The van der Waals surface area contributed by atoms with E-state index in [1.807, 2.05) is 30.3 Å². The van der Waals surface area contributed by atoms with Crippen molar-refractivity contribution in [3.8, 4) is 28.4 Å². The number of aromatic nitrogens is 3. The van der Waals surface area contributed by atoms with E-state index in [-0.39, 0.29) is 11.1 Å². The van der Waals surface area contributed by atoms with Crippen molar-refractivity contribution in [1.29, 1.82) is 0 Å². The van der Waals surface area contributed by atoms with Crippen LogP contribution in [0.1, 0.15) is 40.3 Å². The molecule has 1 aromatic carbocycles. The number of nitrogens with zero attached hydrogens (tertiary/aromatic N) is 2. The molecule has 0 saturated heterocycles. The zero-order valence-electron chi connectivity index (χ0n) is 17.8. The van der Waals surface area contributed by atoms with Crippen LogP contribution < -0.4 is 4.74 Å². The number of alkyl halides is 3. The maximum Gasteiger partial charge on any atom is 0.399 e. The molecule has 4 nitrogen and oxygen atoms in total. The summed E-state index contributed by atoms with van der Waals surface area (Å²) in [5.41, 5.74) is 0.374. The Labute approximate surface area is 174 Å². The minimum atomic E-state index is -4.37. The summed E-state index contributed by atoms with van der Waals surface area (Å²) in [4.78, 5) is 11.3. The van der Waals surface area contributed by atoms with Gasteiger partial charge in [-0.2, -0.15) is 13.2 Å². The van der Waals surface area contributed by atoms with Gasteiger partial charge in [-0.05, 0) is 55.7 Å². The minimum absolute atomic E-state index is 0.0138. The number of hydrogen-bond acceptors (Lipinski definition) is 3. The second-order valence-corrected chi connectivity index (χ2v) is 9.07. The summed E-state index contributed by atoms with van der Waals surface area (Å²) in [6.07, 6.45) is -1.54. The van der Waals surface area contributed by atoms with Gasteiger partial charge in [0.05, 0.1) is 12.3 Å². The number of benzene rings is 1. The van der Waals surface area contributed by atoms with Crippen molar-refractivity contribution in [2.45, 2.75) is 46.2 Å². The highest BCUT2D eigenvalue weighted by Crippen LogP contribution is 2.40. The van der Waals surface area contributed by atoms with Gasteiger partial charge in [-0.25, -0.2) is 4.98 Å². The van der Waals surface area contributed by atoms with Crippen molar-refractivity contribution < 1.29 is 17.9 Å². The first kappa shape index (κ1) is 21.9. The minimum Gasteiger partial charge on any atom is -0.493 e. The molecule has 7 heteroatoms. The van der Waals surface area contributed by atoms with Crippen LogP contribution in [0, 0.1) is 5.41 Å². The molecule has 0 atom stereocenters. The van der Waals surface area contributed by atoms with E-state index in [2.05, 4.69) is 35.7 Å². The zero-order chi connectivity index (χ0) is 22.2. The molecule has 0 unspecified atom stereocenters. The molecule has 0 fully saturated rings. The predicted molar refractivity (Wildman–Crippen MR) is 111 cm³/mol. The summed E-state index contributed by atoms with van der Waals surface area (Å²) in [5.74, 6) is 1.15. The lowest BCUT2D eigenvalue weighted by molar-refractivity contribution is -0.181. The molecular formula is C23H26F3N3O. The highest BCUT2D eigenvalue weighted by atomic mass is 19.4. The molecule has 3 rings (SSSR count). The lowest BCUT2D eigenvalue weighted by Gasteiger charge is -2.26. The molecule has 0 aliphatic rings. The largest absolute Gasteiger partial charge is 0.493 e. The van der Waals surface area contributed by atoms with E-state index in [0.717, 1.165) is 30.9 Å². The van der Waals surface area contributed by atoms with E-state index >= 15 is 0 Å². The van der Waals surface area contributed by atoms with Crippen molar-refractivity contribution in [2.75, 3.05) is 6.61 Å². The highest BCUT2D eigenvalue weighted by molar-refractivity contribution is 5.63. The second kappa shape index (κ2) is 7.78. The fraction of sp³-hybridized carbons (Fsp3) is 0.391. The summed E-state index contributed by atoms with van der Waals surface area (Å²) in [5, 5.41) is 0. The van der Waals surface area contributed by atoms with E-state index < -0.39 is 11.6 Å². The maximum atomic E-state index is 13.2. The number of ether oxygens (including phenoxy) is 1. The average molecular weight is 417 g/mol. The third-order valence-corrected chi connectivity index (χ3v) is 4.82. The van der Waals surface area contributed by atoms with Crippen molar-refractivity contribution in [1.82, 2.24) is 15.0 Å². The molecular weight excluding hydrogens is 391 g/mol. The Bertz CT molecular complexity index is 982. The number of nitrogens with one attached hydrogen (secondary N) is 1. The summed E-state index contributed by atoms with van der Waals surface area (Å²) in [6.45, 7) is 9.20. The molecule has 0 saturated carbocycles. The van der Waals surface area contributed by atoms with Gasteiger partial charge in [0, 0.05) is 29.2 Å². The number of pyridine rings is 1. The predicted octanol–water partition coefficient (Wildman–Crippen LogP) is 6.40. The van der Waals surface area contributed by atoms with E-state index in [0.29, 0.717) is 18.0 Å². The number of H-pyrrole nitrogens is 1. The van der Waals surface area contributed by atoms with Crippen LogP contribution in [-0.4, -0.2) is 27.7 Å². The molecule has 0 spiro atoms. The van der Waals surface area contributed by atoms with Crippen LogP contribution in [0.15, 0.2) is 48.8 Å². The lowest BCUT2D eigenvalue weighted by atomic mass is 9.89. The standard InChI is InChI=1S/C23H26F3N3O/c1-21(2,3)14-30-17-9-6-15(7-10-17)18-11-8-16(12-27-18)20-28-13-19(29-20)22(4,5)23(24,25)26/h6-13H,14H2,1-5H3,(H,28,29). The molecule has 1 N–H and O–H groups in total. The molecule has 0 amide bonds. The average Bonchev–Trinajstić information content (AvgIpc) is 3.16. The monoisotopic (exact) mass is 417 g/mol. The molecule has 0 aliphatic carbocycles. The van der Waals surface area contributed by atoms with Crippen LogP contribution in [0.3, 0.4) is 0 Å². The van der Waals surface area contributed by atoms with Crippen LogP contribution in [-0.2, 0) is 5.41 Å². The fourth-order valence-electron chi connectivity index (χ4n) is 2.66. The number of aromatic amines is 1. The van der Waals surface area contributed by atoms with Crippen molar-refractivity contribution in [3.63, 3.8) is 0 Å². The van der Waals surface area contributed by atoms with Crippen LogP contribution in [0.25, 0.3) is 22.6 Å². The van der Waals surface area contributed by atoms with Crippen LogP contribution in [0.5, 0.6) is 5.75 Å². The Kier molecular flexibility index (Phi) is 5.67. The maximum absolute atomic E-state index is 13.2. The van der Waals surface area contributed by atoms with Crippen LogP contribution in [0.2, 0.25) is 0 Å². The molecule has 2 heterocycles. The van der Waals surface area contributed by atoms with Gasteiger partial charge in [0.25, 0.3) is 0 Å². The van der Waals surface area contributed by atoms with E-state index in [4.69, 9.17) is 4.74 Å². The van der Waals surface area contributed by atoms with Gasteiger partial charge in [-0.1, -0.05) is 20.8 Å². The normalized spacial score (nSPS) is 12.8. The Morgan fingerprint density at radius 1 is 0.833 bits per heavy atom. The Morgan fingerprint density at radius 3 is 2.00 bits per heavy atom. The summed E-state index contributed by atoms with van der Waals surface area (Å²) < 4.78 is 45.5. The molecule has 0 radical (unpaired) electrons. The first-order valence-corrected chi connectivity index (χ1v) is 9.69. The van der Waals surface area contributed by atoms with Crippen molar-refractivity contribution in [2.24, 2.45) is 5.41 Å². The van der Waals surface area contributed by atoms with Gasteiger partial charge in [-0.3, -0.25) is 4.98 Å². The van der Waals surface area contributed by atoms with Crippen molar-refractivity contribution in [3.05, 3.63) is 54.5 Å². The van der Waals surface area contributed by atoms with E-state index in [1.54, 1.807) is 12.3 Å². The first-order chi connectivity index (χ1) is 13.9. The number of rotatable bonds is 5. The summed E-state index contributed by atoms with van der Waals surface area (Å²) >= 11 is 0. The van der Waals surface area contributed by atoms with Gasteiger partial charge >= 0.3 is 6.18 Å². The number of halogens is 3. The number of imidazole rings is 1. The van der Waals surface area contributed by atoms with Crippen LogP contribution >= 0.6 is 0 Å². The quantitative estimate of drug-likeness (QED) is 0.522. The summed E-state index contributed by atoms with van der Waals surface area (Å²) in [6, 6.07) is 11.3. The fourth-order valence-corrected chi connectivity index (χ4v) is 2.66. The Balaban J connectivity index is 1.74. The Hall–Kier alpha value is -2.83. The zero-order valence-corrected chi connectivity index (χ0v) is 17.8. The van der Waals surface area contributed by atoms with E-state index in [9.17, 15) is 13.2 Å². The SMILES string of the molecule is CC(C)(C)COc1ccc(-c2ccc(-c3ncc(C(C)(C)C(F)(F)F)[nH]3)cn2)cc1. The van der Waals surface area contributed by atoms with Gasteiger partial charge < -0.3 is 9.72 Å². The van der Waals surface area contributed by atoms with E-state index in [1.165, 1.54) is 6.20 Å². The summed E-state index contributed by atoms with van der Waals surface area (Å²) in [7, 11) is 0. The Morgan fingerprint density at radius 2 is 1.47 bits per heavy atom. The molecule has 2 aromatic heterocycles. The van der Waals surface area contributed by atoms with Gasteiger partial charge in [0.15, 0.2) is 0 Å². The lowest BCUT2D eigenvalue weighted by Crippen LogP contribution is -2.36.